The van der Waals surface area contributed by atoms with Gasteiger partial charge in [-0.05, 0) is 31.5 Å². The van der Waals surface area contributed by atoms with Gasteiger partial charge >= 0.3 is 0 Å². The average Bonchev–Trinajstić information content (AvgIpc) is 2.44. The fraction of sp³-hybridized carbons (Fsp3) is 0.562. The first kappa shape index (κ1) is 17.3. The molecule has 0 aliphatic rings. The SMILES string of the molecule is COc1ccc(OC)c(NC(=O)CC(C)NCC(C)C)c1. The van der Waals surface area contributed by atoms with Gasteiger partial charge in [0, 0.05) is 18.5 Å². The Kier molecular flexibility index (Phi) is 7.02. The highest BCUT2D eigenvalue weighted by Gasteiger charge is 2.12. The molecule has 5 heteroatoms. The third kappa shape index (κ3) is 6.04. The van der Waals surface area contributed by atoms with Gasteiger partial charge in [-0.3, -0.25) is 4.79 Å². The summed E-state index contributed by atoms with van der Waals surface area (Å²) in [5, 5.41) is 6.20. The summed E-state index contributed by atoms with van der Waals surface area (Å²) < 4.78 is 10.4. The number of nitrogens with one attached hydrogen (secondary N) is 2. The largest absolute Gasteiger partial charge is 0.497 e. The maximum Gasteiger partial charge on any atom is 0.226 e. The Hall–Kier alpha value is -1.75. The molecule has 0 fully saturated rings. The zero-order chi connectivity index (χ0) is 15.8. The van der Waals surface area contributed by atoms with E-state index in [4.69, 9.17) is 9.47 Å². The first-order chi connectivity index (χ1) is 9.96. The van der Waals surface area contributed by atoms with E-state index in [-0.39, 0.29) is 11.9 Å². The Labute approximate surface area is 127 Å². The Bertz CT molecular complexity index is 461. The molecule has 1 atom stereocenters. The van der Waals surface area contributed by atoms with Crippen LogP contribution in [0.5, 0.6) is 11.5 Å². The first-order valence-corrected chi connectivity index (χ1v) is 7.21. The van der Waals surface area contributed by atoms with Crippen molar-refractivity contribution < 1.29 is 14.3 Å². The minimum atomic E-state index is -0.0506. The highest BCUT2D eigenvalue weighted by molar-refractivity contribution is 5.92. The van der Waals surface area contributed by atoms with Crippen molar-refractivity contribution in [3.63, 3.8) is 0 Å². The molecule has 1 rings (SSSR count). The van der Waals surface area contributed by atoms with Gasteiger partial charge < -0.3 is 20.1 Å². The number of carbonyl (C=O) groups excluding carboxylic acids is 1. The molecule has 1 unspecified atom stereocenters. The highest BCUT2D eigenvalue weighted by Crippen LogP contribution is 2.28. The lowest BCUT2D eigenvalue weighted by Gasteiger charge is -2.16. The Morgan fingerprint density at radius 3 is 2.48 bits per heavy atom. The van der Waals surface area contributed by atoms with Crippen LogP contribution in [0.4, 0.5) is 5.69 Å². The number of benzene rings is 1. The van der Waals surface area contributed by atoms with E-state index in [1.165, 1.54) is 0 Å². The van der Waals surface area contributed by atoms with Crippen LogP contribution in [0.1, 0.15) is 27.2 Å². The molecule has 0 spiro atoms. The molecule has 21 heavy (non-hydrogen) atoms. The molecule has 0 radical (unpaired) electrons. The van der Waals surface area contributed by atoms with Gasteiger partial charge in [-0.15, -0.1) is 0 Å². The number of rotatable bonds is 8. The molecule has 2 N–H and O–H groups in total. The van der Waals surface area contributed by atoms with Gasteiger partial charge in [-0.2, -0.15) is 0 Å². The zero-order valence-corrected chi connectivity index (χ0v) is 13.5. The molecule has 0 aliphatic carbocycles. The Balaban J connectivity index is 2.61. The molecule has 0 aliphatic heterocycles. The lowest BCUT2D eigenvalue weighted by atomic mass is 10.1. The van der Waals surface area contributed by atoms with Gasteiger partial charge in [0.2, 0.25) is 5.91 Å². The number of carbonyl (C=O) groups is 1. The summed E-state index contributed by atoms with van der Waals surface area (Å²) in [6, 6.07) is 5.45. The van der Waals surface area contributed by atoms with Crippen molar-refractivity contribution in [3.8, 4) is 11.5 Å². The summed E-state index contributed by atoms with van der Waals surface area (Å²) >= 11 is 0. The summed E-state index contributed by atoms with van der Waals surface area (Å²) in [6.07, 6.45) is 0.410. The van der Waals surface area contributed by atoms with Crippen LogP contribution in [0.15, 0.2) is 18.2 Å². The van der Waals surface area contributed by atoms with Crippen LogP contribution in [0.2, 0.25) is 0 Å². The van der Waals surface area contributed by atoms with E-state index in [1.54, 1.807) is 32.4 Å². The van der Waals surface area contributed by atoms with Crippen LogP contribution in [-0.4, -0.2) is 32.7 Å². The lowest BCUT2D eigenvalue weighted by Crippen LogP contribution is -2.33. The zero-order valence-electron chi connectivity index (χ0n) is 13.5. The molecule has 0 saturated heterocycles. The molecule has 0 saturated carbocycles. The minimum absolute atomic E-state index is 0.0506. The molecular weight excluding hydrogens is 268 g/mol. The Morgan fingerprint density at radius 1 is 1.19 bits per heavy atom. The molecule has 0 bridgehead atoms. The fourth-order valence-electron chi connectivity index (χ4n) is 1.90. The second kappa shape index (κ2) is 8.52. The van der Waals surface area contributed by atoms with Gasteiger partial charge in [0.15, 0.2) is 0 Å². The maximum atomic E-state index is 12.1. The van der Waals surface area contributed by atoms with Crippen molar-refractivity contribution >= 4 is 11.6 Å². The molecule has 1 amide bonds. The molecule has 1 aromatic rings. The van der Waals surface area contributed by atoms with Crippen LogP contribution < -0.4 is 20.1 Å². The second-order valence-corrected chi connectivity index (χ2v) is 5.52. The number of hydrogen-bond acceptors (Lipinski definition) is 4. The van der Waals surface area contributed by atoms with Crippen LogP contribution in [0, 0.1) is 5.92 Å². The molecule has 5 nitrogen and oxygen atoms in total. The van der Waals surface area contributed by atoms with Crippen LogP contribution in [0.3, 0.4) is 0 Å². The number of amides is 1. The van der Waals surface area contributed by atoms with Crippen molar-refractivity contribution in [2.24, 2.45) is 5.92 Å². The van der Waals surface area contributed by atoms with Crippen molar-refractivity contribution in [1.82, 2.24) is 5.32 Å². The summed E-state index contributed by atoms with van der Waals surface area (Å²) in [5.74, 6) is 1.81. The van der Waals surface area contributed by atoms with Crippen molar-refractivity contribution in [2.45, 2.75) is 33.2 Å². The molecule has 1 aromatic carbocycles. The second-order valence-electron chi connectivity index (χ2n) is 5.52. The van der Waals surface area contributed by atoms with E-state index in [2.05, 4.69) is 24.5 Å². The summed E-state index contributed by atoms with van der Waals surface area (Å²) in [6.45, 7) is 7.18. The summed E-state index contributed by atoms with van der Waals surface area (Å²) in [7, 11) is 3.16. The van der Waals surface area contributed by atoms with E-state index in [0.717, 1.165) is 6.54 Å². The maximum absolute atomic E-state index is 12.1. The van der Waals surface area contributed by atoms with Gasteiger partial charge in [-0.25, -0.2) is 0 Å². The number of ether oxygens (including phenoxy) is 2. The summed E-state index contributed by atoms with van der Waals surface area (Å²) in [5.41, 5.74) is 0.623. The normalized spacial score (nSPS) is 12.1. The van der Waals surface area contributed by atoms with Gasteiger partial charge in [0.1, 0.15) is 11.5 Å². The third-order valence-electron chi connectivity index (χ3n) is 3.05. The summed E-state index contributed by atoms with van der Waals surface area (Å²) in [4.78, 5) is 12.1. The molecule has 0 aromatic heterocycles. The lowest BCUT2D eigenvalue weighted by molar-refractivity contribution is -0.116. The van der Waals surface area contributed by atoms with E-state index >= 15 is 0 Å². The van der Waals surface area contributed by atoms with Gasteiger partial charge in [0.25, 0.3) is 0 Å². The van der Waals surface area contributed by atoms with Crippen molar-refractivity contribution in [3.05, 3.63) is 18.2 Å². The smallest absolute Gasteiger partial charge is 0.226 e. The first-order valence-electron chi connectivity index (χ1n) is 7.21. The molecule has 0 heterocycles. The van der Waals surface area contributed by atoms with Crippen molar-refractivity contribution in [2.75, 3.05) is 26.1 Å². The number of anilines is 1. The predicted octanol–water partition coefficient (Wildman–Crippen LogP) is 2.67. The van der Waals surface area contributed by atoms with E-state index < -0.39 is 0 Å². The van der Waals surface area contributed by atoms with Crippen LogP contribution in [0.25, 0.3) is 0 Å². The van der Waals surface area contributed by atoms with Crippen molar-refractivity contribution in [1.29, 1.82) is 0 Å². The molecule has 118 valence electrons. The standard InChI is InChI=1S/C16H26N2O3/c1-11(2)10-17-12(3)8-16(19)18-14-9-13(20-4)6-7-15(14)21-5/h6-7,9,11-12,17H,8,10H2,1-5H3,(H,18,19). The fourth-order valence-corrected chi connectivity index (χ4v) is 1.90. The van der Waals surface area contributed by atoms with Gasteiger partial charge in [0.05, 0.1) is 19.9 Å². The number of hydrogen-bond donors (Lipinski definition) is 2. The topological polar surface area (TPSA) is 59.6 Å². The minimum Gasteiger partial charge on any atom is -0.497 e. The van der Waals surface area contributed by atoms with Gasteiger partial charge in [-0.1, -0.05) is 13.8 Å². The average molecular weight is 294 g/mol. The van der Waals surface area contributed by atoms with E-state index in [0.29, 0.717) is 29.5 Å². The number of methoxy groups -OCH3 is 2. The highest BCUT2D eigenvalue weighted by atomic mass is 16.5. The predicted molar refractivity (Wildman–Crippen MR) is 85.1 cm³/mol. The third-order valence-corrected chi connectivity index (χ3v) is 3.05. The van der Waals surface area contributed by atoms with E-state index in [1.807, 2.05) is 6.92 Å². The molecular formula is C16H26N2O3. The van der Waals surface area contributed by atoms with Crippen LogP contribution >= 0.6 is 0 Å². The quantitative estimate of drug-likeness (QED) is 0.774. The van der Waals surface area contributed by atoms with E-state index in [9.17, 15) is 4.79 Å². The van der Waals surface area contributed by atoms with Crippen LogP contribution in [-0.2, 0) is 4.79 Å². The Morgan fingerprint density at radius 2 is 1.90 bits per heavy atom. The monoisotopic (exact) mass is 294 g/mol.